The standard InChI is InChI=1S/C26H33F2NO4Si/c1-6-34(7-2,8-3)33-23(19-11-9-18(4)10-12-19)26(27,28)16-15-20-17-21(25(31)32-5)13-14-22(20)24(29)30/h9-17,23H,6-8H2,1-5H3,(H2,29,30)/b16-15+. The summed E-state index contributed by atoms with van der Waals surface area (Å²) in [7, 11) is -1.19. The van der Waals surface area contributed by atoms with Gasteiger partial charge in [-0.05, 0) is 60.5 Å². The van der Waals surface area contributed by atoms with Gasteiger partial charge in [0, 0.05) is 5.56 Å². The summed E-state index contributed by atoms with van der Waals surface area (Å²) >= 11 is 0. The molecule has 8 heteroatoms. The van der Waals surface area contributed by atoms with Crippen LogP contribution in [0.25, 0.3) is 6.08 Å². The molecule has 0 radical (unpaired) electrons. The summed E-state index contributed by atoms with van der Waals surface area (Å²) in [5, 5.41) is 0. The molecule has 0 fully saturated rings. The first kappa shape index (κ1) is 27.4. The third-order valence-corrected chi connectivity index (χ3v) is 10.9. The number of rotatable bonds is 11. The summed E-state index contributed by atoms with van der Waals surface area (Å²) in [5.41, 5.74) is 7.00. The van der Waals surface area contributed by atoms with E-state index in [1.165, 1.54) is 25.3 Å². The van der Waals surface area contributed by atoms with Crippen molar-refractivity contribution >= 4 is 26.3 Å². The number of alkyl halides is 2. The smallest absolute Gasteiger partial charge is 0.337 e. The normalized spacial score (nSPS) is 13.1. The number of esters is 1. The molecule has 0 spiro atoms. The fraction of sp³-hybridized carbons (Fsp3) is 0.385. The van der Waals surface area contributed by atoms with Crippen LogP contribution in [0.1, 0.15) is 64.3 Å². The monoisotopic (exact) mass is 489 g/mol. The molecule has 0 saturated heterocycles. The average molecular weight is 490 g/mol. The summed E-state index contributed by atoms with van der Waals surface area (Å²) < 4.78 is 42.5. The summed E-state index contributed by atoms with van der Waals surface area (Å²) in [6.07, 6.45) is 0.349. The maximum Gasteiger partial charge on any atom is 0.337 e. The molecule has 2 aromatic carbocycles. The minimum Gasteiger partial charge on any atom is -0.465 e. The van der Waals surface area contributed by atoms with Gasteiger partial charge in [0.2, 0.25) is 5.91 Å². The molecule has 0 aromatic heterocycles. The molecule has 1 amide bonds. The van der Waals surface area contributed by atoms with Crippen LogP contribution >= 0.6 is 0 Å². The predicted octanol–water partition coefficient (Wildman–Crippen LogP) is 6.29. The van der Waals surface area contributed by atoms with Crippen LogP contribution in [0.2, 0.25) is 18.1 Å². The molecule has 0 heterocycles. The van der Waals surface area contributed by atoms with E-state index in [-0.39, 0.29) is 16.7 Å². The lowest BCUT2D eigenvalue weighted by atomic mass is 9.99. The largest absolute Gasteiger partial charge is 0.465 e. The Hall–Kier alpha value is -2.84. The second-order valence-electron chi connectivity index (χ2n) is 8.32. The second-order valence-corrected chi connectivity index (χ2v) is 13.0. The molecule has 0 bridgehead atoms. The number of aryl methyl sites for hydroxylation is 1. The average Bonchev–Trinajstić information content (AvgIpc) is 2.84. The van der Waals surface area contributed by atoms with Gasteiger partial charge >= 0.3 is 5.97 Å². The molecule has 1 atom stereocenters. The maximum atomic E-state index is 15.8. The van der Waals surface area contributed by atoms with Gasteiger partial charge in [0.05, 0.1) is 12.7 Å². The van der Waals surface area contributed by atoms with Crippen LogP contribution in [-0.4, -0.2) is 33.2 Å². The van der Waals surface area contributed by atoms with Crippen molar-refractivity contribution in [3.63, 3.8) is 0 Å². The fourth-order valence-corrected chi connectivity index (χ4v) is 6.61. The van der Waals surface area contributed by atoms with Crippen molar-refractivity contribution in [1.82, 2.24) is 0 Å². The number of hydrogen-bond donors (Lipinski definition) is 1. The number of carbonyl (C=O) groups is 2. The number of amides is 1. The van der Waals surface area contributed by atoms with Crippen molar-refractivity contribution in [1.29, 1.82) is 0 Å². The van der Waals surface area contributed by atoms with Crippen LogP contribution in [0.4, 0.5) is 8.78 Å². The Bertz CT molecular complexity index is 1030. The third-order valence-electron chi connectivity index (χ3n) is 6.25. The highest BCUT2D eigenvalue weighted by Gasteiger charge is 2.44. The minimum atomic E-state index is -3.40. The first-order valence-corrected chi connectivity index (χ1v) is 13.9. The Morgan fingerprint density at radius 2 is 1.65 bits per heavy atom. The molecule has 0 aliphatic carbocycles. The number of halogens is 2. The van der Waals surface area contributed by atoms with Crippen LogP contribution in [0.15, 0.2) is 48.5 Å². The number of carbonyl (C=O) groups excluding carboxylic acids is 2. The molecular weight excluding hydrogens is 456 g/mol. The summed E-state index contributed by atoms with van der Waals surface area (Å²) in [5.74, 6) is -4.84. The first-order chi connectivity index (χ1) is 16.0. The lowest BCUT2D eigenvalue weighted by Crippen LogP contribution is -2.41. The van der Waals surface area contributed by atoms with Crippen LogP contribution in [0, 0.1) is 6.92 Å². The SMILES string of the molecule is CC[Si](CC)(CC)OC(c1ccc(C)cc1)C(F)(F)/C=C/c1cc(C(=O)OC)ccc1C(N)=O. The van der Waals surface area contributed by atoms with Gasteiger partial charge in [0.25, 0.3) is 5.92 Å². The van der Waals surface area contributed by atoms with Crippen molar-refractivity contribution in [2.24, 2.45) is 5.73 Å². The molecule has 184 valence electrons. The van der Waals surface area contributed by atoms with Gasteiger partial charge in [0.15, 0.2) is 8.32 Å². The van der Waals surface area contributed by atoms with Crippen LogP contribution in [0.3, 0.4) is 0 Å². The van der Waals surface area contributed by atoms with E-state index in [0.717, 1.165) is 35.8 Å². The van der Waals surface area contributed by atoms with Crippen LogP contribution in [0.5, 0.6) is 0 Å². The molecule has 2 rings (SSSR count). The van der Waals surface area contributed by atoms with E-state index < -0.39 is 32.2 Å². The number of hydrogen-bond acceptors (Lipinski definition) is 4. The summed E-state index contributed by atoms with van der Waals surface area (Å²) in [4.78, 5) is 23.8. The fourth-order valence-electron chi connectivity index (χ4n) is 3.82. The first-order valence-electron chi connectivity index (χ1n) is 11.4. The minimum absolute atomic E-state index is 0.0203. The number of primary amides is 1. The van der Waals surface area contributed by atoms with Crippen molar-refractivity contribution in [2.45, 2.75) is 57.9 Å². The second kappa shape index (κ2) is 11.5. The quantitative estimate of drug-likeness (QED) is 0.297. The molecule has 34 heavy (non-hydrogen) atoms. The van der Waals surface area contributed by atoms with Gasteiger partial charge < -0.3 is 14.9 Å². The van der Waals surface area contributed by atoms with Gasteiger partial charge in [-0.3, -0.25) is 4.79 Å². The third kappa shape index (κ3) is 6.39. The van der Waals surface area contributed by atoms with Crippen molar-refractivity contribution in [3.8, 4) is 0 Å². The lowest BCUT2D eigenvalue weighted by Gasteiger charge is -2.36. The molecule has 0 aliphatic heterocycles. The number of nitrogens with two attached hydrogens (primary N) is 1. The molecule has 5 nitrogen and oxygen atoms in total. The topological polar surface area (TPSA) is 78.6 Å². The number of methoxy groups -OCH3 is 1. The zero-order valence-corrected chi connectivity index (χ0v) is 21.4. The van der Waals surface area contributed by atoms with Crippen LogP contribution in [-0.2, 0) is 9.16 Å². The maximum absolute atomic E-state index is 15.8. The van der Waals surface area contributed by atoms with E-state index in [1.807, 2.05) is 27.7 Å². The highest BCUT2D eigenvalue weighted by molar-refractivity contribution is 6.73. The summed E-state index contributed by atoms with van der Waals surface area (Å²) in [6, 6.07) is 13.0. The molecule has 0 saturated carbocycles. The van der Waals surface area contributed by atoms with Gasteiger partial charge in [0.1, 0.15) is 6.10 Å². The van der Waals surface area contributed by atoms with E-state index in [2.05, 4.69) is 0 Å². The Labute approximate surface area is 201 Å². The highest BCUT2D eigenvalue weighted by Crippen LogP contribution is 2.41. The van der Waals surface area contributed by atoms with Crippen LogP contribution < -0.4 is 5.73 Å². The molecule has 2 N–H and O–H groups in total. The number of ether oxygens (including phenoxy) is 1. The zero-order valence-electron chi connectivity index (χ0n) is 20.4. The molecule has 2 aromatic rings. The number of benzene rings is 2. The summed E-state index contributed by atoms with van der Waals surface area (Å²) in [6.45, 7) is 7.84. The zero-order chi connectivity index (χ0) is 25.5. The van der Waals surface area contributed by atoms with E-state index >= 15 is 8.78 Å². The lowest BCUT2D eigenvalue weighted by molar-refractivity contribution is -0.0627. The molecule has 0 aliphatic rings. The Morgan fingerprint density at radius 3 is 2.15 bits per heavy atom. The van der Waals surface area contributed by atoms with E-state index in [0.29, 0.717) is 5.56 Å². The predicted molar refractivity (Wildman–Crippen MR) is 132 cm³/mol. The van der Waals surface area contributed by atoms with Gasteiger partial charge in [-0.15, -0.1) is 0 Å². The van der Waals surface area contributed by atoms with Crippen molar-refractivity contribution in [3.05, 3.63) is 76.4 Å². The van der Waals surface area contributed by atoms with Gasteiger partial charge in [-0.25, -0.2) is 4.79 Å². The van der Waals surface area contributed by atoms with Gasteiger partial charge in [-0.1, -0.05) is 56.7 Å². The van der Waals surface area contributed by atoms with Crippen molar-refractivity contribution in [2.75, 3.05) is 7.11 Å². The van der Waals surface area contributed by atoms with Gasteiger partial charge in [-0.2, -0.15) is 8.78 Å². The Kier molecular flexibility index (Phi) is 9.29. The van der Waals surface area contributed by atoms with E-state index in [9.17, 15) is 9.59 Å². The van der Waals surface area contributed by atoms with E-state index in [4.69, 9.17) is 14.9 Å². The van der Waals surface area contributed by atoms with Crippen molar-refractivity contribution < 1.29 is 27.5 Å². The Balaban J connectivity index is 2.56. The molecule has 1 unspecified atom stereocenters. The Morgan fingerprint density at radius 1 is 1.06 bits per heavy atom. The molecular formula is C26H33F2NO4Si. The highest BCUT2D eigenvalue weighted by atomic mass is 28.4. The van der Waals surface area contributed by atoms with E-state index in [1.54, 1.807) is 24.3 Å².